The Bertz CT molecular complexity index is 235. The molecule has 2 aliphatic heterocycles. The van der Waals surface area contributed by atoms with Gasteiger partial charge in [0.25, 0.3) is 0 Å². The van der Waals surface area contributed by atoms with E-state index in [1.165, 1.54) is 19.3 Å². The van der Waals surface area contributed by atoms with E-state index in [1.807, 2.05) is 0 Å². The number of hydrogen-bond acceptors (Lipinski definition) is 3. The Hall–Kier alpha value is -0.410. The molecular weight excluding hydrogens is 154 g/mol. The van der Waals surface area contributed by atoms with Crippen molar-refractivity contribution in [2.75, 3.05) is 6.54 Å². The highest BCUT2D eigenvalue weighted by molar-refractivity contribution is 5.84. The third kappa shape index (κ3) is 0.709. The lowest BCUT2D eigenvalue weighted by atomic mass is 9.74. The van der Waals surface area contributed by atoms with Crippen LogP contribution in [0.3, 0.4) is 0 Å². The van der Waals surface area contributed by atoms with Crippen LogP contribution in [0.2, 0.25) is 0 Å². The summed E-state index contributed by atoms with van der Waals surface area (Å²) in [4.78, 5) is 16.9. The van der Waals surface area contributed by atoms with Crippen LogP contribution in [0.15, 0.2) is 0 Å². The maximum atomic E-state index is 11.3. The second kappa shape index (κ2) is 2.09. The van der Waals surface area contributed by atoms with Gasteiger partial charge in [-0.1, -0.05) is 0 Å². The Balaban J connectivity index is 1.89. The maximum absolute atomic E-state index is 11.3. The van der Waals surface area contributed by atoms with Crippen molar-refractivity contribution in [3.8, 4) is 0 Å². The van der Waals surface area contributed by atoms with Crippen LogP contribution in [0.1, 0.15) is 32.1 Å². The average Bonchev–Trinajstić information content (AvgIpc) is 2.32. The molecule has 2 heterocycles. The summed E-state index contributed by atoms with van der Waals surface area (Å²) < 4.78 is 0. The summed E-state index contributed by atoms with van der Waals surface area (Å²) in [5.41, 5.74) is 0.289. The largest absolute Gasteiger partial charge is 0.297 e. The third-order valence-corrected chi connectivity index (χ3v) is 3.55. The summed E-state index contributed by atoms with van der Waals surface area (Å²) in [5.74, 6) is 0.315. The number of ketones is 1. The van der Waals surface area contributed by atoms with Gasteiger partial charge >= 0.3 is 0 Å². The van der Waals surface area contributed by atoms with Crippen molar-refractivity contribution in [3.63, 3.8) is 0 Å². The van der Waals surface area contributed by atoms with Crippen molar-refractivity contribution in [3.05, 3.63) is 0 Å². The molecule has 1 spiro atoms. The number of nitrogens with zero attached hydrogens (tertiary/aromatic N) is 1. The molecule has 3 rings (SSSR count). The molecular formula is C9H13NO2. The molecule has 2 unspecified atom stereocenters. The molecule has 1 aliphatic carbocycles. The first-order chi connectivity index (χ1) is 5.80. The Morgan fingerprint density at radius 1 is 1.50 bits per heavy atom. The number of hydroxylamine groups is 2. The zero-order chi connectivity index (χ0) is 8.18. The molecule has 12 heavy (non-hydrogen) atoms. The Kier molecular flexibility index (Phi) is 1.23. The smallest absolute Gasteiger partial charge is 0.165 e. The average molecular weight is 167 g/mol. The molecule has 2 atom stereocenters. The van der Waals surface area contributed by atoms with Gasteiger partial charge in [-0.3, -0.25) is 9.63 Å². The molecule has 1 saturated carbocycles. The monoisotopic (exact) mass is 167 g/mol. The van der Waals surface area contributed by atoms with Crippen LogP contribution in [0.4, 0.5) is 0 Å². The van der Waals surface area contributed by atoms with Gasteiger partial charge in [0.2, 0.25) is 0 Å². The van der Waals surface area contributed by atoms with Crippen LogP contribution in [-0.4, -0.2) is 29.0 Å². The van der Waals surface area contributed by atoms with Crippen molar-refractivity contribution in [1.29, 1.82) is 0 Å². The van der Waals surface area contributed by atoms with Crippen molar-refractivity contribution in [1.82, 2.24) is 5.06 Å². The first kappa shape index (κ1) is 7.04. The molecule has 3 aliphatic rings. The lowest BCUT2D eigenvalue weighted by Gasteiger charge is -2.43. The lowest BCUT2D eigenvalue weighted by molar-refractivity contribution is -0.217. The second-order valence-electron chi connectivity index (χ2n) is 4.19. The van der Waals surface area contributed by atoms with E-state index in [-0.39, 0.29) is 11.6 Å². The summed E-state index contributed by atoms with van der Waals surface area (Å²) in [7, 11) is 0. The molecule has 3 fully saturated rings. The van der Waals surface area contributed by atoms with Gasteiger partial charge in [0, 0.05) is 24.9 Å². The fourth-order valence-electron chi connectivity index (χ4n) is 2.62. The van der Waals surface area contributed by atoms with Crippen LogP contribution in [-0.2, 0) is 9.63 Å². The van der Waals surface area contributed by atoms with Crippen molar-refractivity contribution >= 4 is 5.78 Å². The van der Waals surface area contributed by atoms with E-state index in [1.54, 1.807) is 0 Å². The molecule has 2 saturated heterocycles. The van der Waals surface area contributed by atoms with E-state index < -0.39 is 0 Å². The minimum atomic E-state index is -0.0842. The highest BCUT2D eigenvalue weighted by Crippen LogP contribution is 2.48. The van der Waals surface area contributed by atoms with Gasteiger partial charge in [-0.05, 0) is 19.3 Å². The fraction of sp³-hybridized carbons (Fsp3) is 0.889. The van der Waals surface area contributed by atoms with Gasteiger partial charge < -0.3 is 0 Å². The summed E-state index contributed by atoms with van der Waals surface area (Å²) >= 11 is 0. The second-order valence-corrected chi connectivity index (χ2v) is 4.19. The SMILES string of the molecule is O=C1CCN2OC1CC21CCC1. The molecule has 0 aromatic carbocycles. The Morgan fingerprint density at radius 3 is 2.92 bits per heavy atom. The summed E-state index contributed by atoms with van der Waals surface area (Å²) in [6, 6.07) is 0. The maximum Gasteiger partial charge on any atom is 0.165 e. The standard InChI is InChI=1S/C9H13NO2/c11-7-2-5-10-9(3-1-4-9)6-8(7)12-10/h8H,1-6H2. The van der Waals surface area contributed by atoms with Crippen LogP contribution in [0, 0.1) is 0 Å². The van der Waals surface area contributed by atoms with Gasteiger partial charge in [-0.2, -0.15) is 5.06 Å². The number of carbonyl (C=O) groups excluding carboxylic acids is 1. The van der Waals surface area contributed by atoms with Crippen molar-refractivity contribution < 1.29 is 9.63 Å². The van der Waals surface area contributed by atoms with Crippen LogP contribution in [0.5, 0.6) is 0 Å². The highest BCUT2D eigenvalue weighted by Gasteiger charge is 2.54. The highest BCUT2D eigenvalue weighted by atomic mass is 16.7. The van der Waals surface area contributed by atoms with Crippen LogP contribution < -0.4 is 0 Å². The topological polar surface area (TPSA) is 29.5 Å². The molecule has 3 heteroatoms. The molecule has 2 bridgehead atoms. The van der Waals surface area contributed by atoms with E-state index in [2.05, 4.69) is 5.06 Å². The predicted molar refractivity (Wildman–Crippen MR) is 42.4 cm³/mol. The van der Waals surface area contributed by atoms with E-state index in [4.69, 9.17) is 4.84 Å². The van der Waals surface area contributed by atoms with E-state index >= 15 is 0 Å². The molecule has 0 radical (unpaired) electrons. The van der Waals surface area contributed by atoms with Gasteiger partial charge in [0.05, 0.1) is 0 Å². The summed E-state index contributed by atoms with van der Waals surface area (Å²) in [5, 5.41) is 2.09. The van der Waals surface area contributed by atoms with Crippen LogP contribution >= 0.6 is 0 Å². The summed E-state index contributed by atoms with van der Waals surface area (Å²) in [6.45, 7) is 0.829. The number of carbonyl (C=O) groups is 1. The molecule has 0 N–H and O–H groups in total. The van der Waals surface area contributed by atoms with E-state index in [9.17, 15) is 4.79 Å². The normalized spacial score (nSPS) is 43.2. The van der Waals surface area contributed by atoms with Crippen molar-refractivity contribution in [2.45, 2.75) is 43.7 Å². The van der Waals surface area contributed by atoms with Gasteiger partial charge in [-0.25, -0.2) is 0 Å². The zero-order valence-corrected chi connectivity index (χ0v) is 7.08. The molecule has 0 amide bonds. The zero-order valence-electron chi connectivity index (χ0n) is 7.08. The minimum Gasteiger partial charge on any atom is -0.297 e. The first-order valence-electron chi connectivity index (χ1n) is 4.77. The first-order valence-corrected chi connectivity index (χ1v) is 4.77. The predicted octanol–water partition coefficient (Wildman–Crippen LogP) is 0.888. The van der Waals surface area contributed by atoms with E-state index in [0.29, 0.717) is 12.2 Å². The van der Waals surface area contributed by atoms with Gasteiger partial charge in [0.1, 0.15) is 6.10 Å². The van der Waals surface area contributed by atoms with Gasteiger partial charge in [-0.15, -0.1) is 0 Å². The fourth-order valence-corrected chi connectivity index (χ4v) is 2.62. The lowest BCUT2D eigenvalue weighted by Crippen LogP contribution is -2.49. The van der Waals surface area contributed by atoms with Crippen molar-refractivity contribution in [2.24, 2.45) is 0 Å². The number of fused-ring (bicyclic) bond motifs is 3. The minimum absolute atomic E-state index is 0.0842. The number of rotatable bonds is 0. The van der Waals surface area contributed by atoms with Crippen LogP contribution in [0.25, 0.3) is 0 Å². The van der Waals surface area contributed by atoms with E-state index in [0.717, 1.165) is 13.0 Å². The summed E-state index contributed by atoms with van der Waals surface area (Å²) in [6.07, 6.45) is 5.35. The molecule has 0 aromatic heterocycles. The van der Waals surface area contributed by atoms with Gasteiger partial charge in [0.15, 0.2) is 5.78 Å². The number of hydrogen-bond donors (Lipinski definition) is 0. The third-order valence-electron chi connectivity index (χ3n) is 3.55. The molecule has 66 valence electrons. The Morgan fingerprint density at radius 2 is 2.33 bits per heavy atom. The number of Topliss-reactive ketones (excluding diaryl/α,β-unsaturated/α-hetero) is 1. The quantitative estimate of drug-likeness (QED) is 0.536. The molecule has 3 nitrogen and oxygen atoms in total. The molecule has 0 aromatic rings. The Labute approximate surface area is 71.6 Å².